The first kappa shape index (κ1) is 11.7. The fraction of sp³-hybridized carbons (Fsp3) is 0.0833. The normalized spacial score (nSPS) is 10.6. The predicted octanol–water partition coefficient (Wildman–Crippen LogP) is 2.42. The highest BCUT2D eigenvalue weighted by Crippen LogP contribution is 2.29. The first-order valence-electron chi connectivity index (χ1n) is 5.52. The molecule has 3 aromatic rings. The highest BCUT2D eigenvalue weighted by Gasteiger charge is 2.08. The topological polar surface area (TPSA) is 86.0 Å². The lowest BCUT2D eigenvalue weighted by Gasteiger charge is -2.09. The van der Waals surface area contributed by atoms with Crippen molar-refractivity contribution in [3.8, 4) is 5.88 Å². The molecule has 0 unspecified atom stereocenters. The molecule has 1 aromatic carbocycles. The smallest absolute Gasteiger partial charge is 0.242 e. The van der Waals surface area contributed by atoms with Crippen LogP contribution in [0.4, 0.5) is 17.2 Å². The van der Waals surface area contributed by atoms with Gasteiger partial charge in [-0.3, -0.25) is 0 Å². The van der Waals surface area contributed by atoms with E-state index in [1.165, 1.54) is 13.4 Å². The van der Waals surface area contributed by atoms with E-state index < -0.39 is 0 Å². The van der Waals surface area contributed by atoms with Gasteiger partial charge in [0.15, 0.2) is 5.82 Å². The van der Waals surface area contributed by atoms with Crippen molar-refractivity contribution < 1.29 is 4.74 Å². The van der Waals surface area contributed by atoms with Gasteiger partial charge in [-0.15, -0.1) is 11.3 Å². The summed E-state index contributed by atoms with van der Waals surface area (Å²) in [5.41, 5.74) is 9.98. The lowest BCUT2D eigenvalue weighted by molar-refractivity contribution is 0.399. The van der Waals surface area contributed by atoms with Crippen LogP contribution in [-0.4, -0.2) is 22.1 Å². The van der Waals surface area contributed by atoms with Crippen LogP contribution in [0.25, 0.3) is 10.2 Å². The number of thiazole rings is 1. The first-order valence-corrected chi connectivity index (χ1v) is 6.40. The fourth-order valence-corrected chi connectivity index (χ4v) is 2.43. The predicted molar refractivity (Wildman–Crippen MR) is 75.9 cm³/mol. The van der Waals surface area contributed by atoms with Crippen LogP contribution in [0.5, 0.6) is 5.88 Å². The molecule has 0 radical (unpaired) electrons. The van der Waals surface area contributed by atoms with Crippen LogP contribution in [0.1, 0.15) is 0 Å². The summed E-state index contributed by atoms with van der Waals surface area (Å²) in [5.74, 6) is 0.882. The van der Waals surface area contributed by atoms with Gasteiger partial charge < -0.3 is 15.8 Å². The molecule has 7 heteroatoms. The van der Waals surface area contributed by atoms with E-state index in [4.69, 9.17) is 10.5 Å². The summed E-state index contributed by atoms with van der Waals surface area (Å²) in [4.78, 5) is 12.3. The monoisotopic (exact) mass is 273 g/mol. The number of ether oxygens (including phenoxy) is 1. The molecule has 0 fully saturated rings. The van der Waals surface area contributed by atoms with Crippen LogP contribution >= 0.6 is 11.3 Å². The van der Waals surface area contributed by atoms with Gasteiger partial charge in [0.2, 0.25) is 5.88 Å². The minimum absolute atomic E-state index is 0.358. The van der Waals surface area contributed by atoms with Crippen molar-refractivity contribution in [2.75, 3.05) is 18.2 Å². The van der Waals surface area contributed by atoms with Gasteiger partial charge in [-0.1, -0.05) is 0 Å². The molecule has 0 bridgehead atoms. The lowest BCUT2D eigenvalue weighted by Crippen LogP contribution is -2.03. The minimum Gasteiger partial charge on any atom is -0.479 e. The fourth-order valence-electron chi connectivity index (χ4n) is 1.71. The van der Waals surface area contributed by atoms with Crippen LogP contribution in [0, 0.1) is 0 Å². The SMILES string of the molecule is COc1ncnc(Nc2ccc3ncsc3c2)c1N. The summed E-state index contributed by atoms with van der Waals surface area (Å²) in [7, 11) is 1.52. The summed E-state index contributed by atoms with van der Waals surface area (Å²) in [6.07, 6.45) is 1.41. The Morgan fingerprint density at radius 3 is 3.00 bits per heavy atom. The number of nitrogens with zero attached hydrogens (tertiary/aromatic N) is 3. The van der Waals surface area contributed by atoms with Gasteiger partial charge >= 0.3 is 0 Å². The molecule has 0 aliphatic carbocycles. The maximum atomic E-state index is 5.91. The largest absolute Gasteiger partial charge is 0.479 e. The Hall–Kier alpha value is -2.41. The Balaban J connectivity index is 1.96. The van der Waals surface area contributed by atoms with Crippen LogP contribution in [-0.2, 0) is 0 Å². The summed E-state index contributed by atoms with van der Waals surface area (Å²) < 4.78 is 6.16. The molecular weight excluding hydrogens is 262 g/mol. The third-order valence-electron chi connectivity index (χ3n) is 2.63. The maximum Gasteiger partial charge on any atom is 0.242 e. The highest BCUT2D eigenvalue weighted by molar-refractivity contribution is 7.16. The number of hydrogen-bond acceptors (Lipinski definition) is 7. The van der Waals surface area contributed by atoms with Crippen molar-refractivity contribution in [1.82, 2.24) is 15.0 Å². The molecule has 0 spiro atoms. The number of fused-ring (bicyclic) bond motifs is 1. The Morgan fingerprint density at radius 1 is 1.26 bits per heavy atom. The van der Waals surface area contributed by atoms with E-state index in [0.29, 0.717) is 17.4 Å². The van der Waals surface area contributed by atoms with Crippen LogP contribution in [0.2, 0.25) is 0 Å². The number of anilines is 3. The van der Waals surface area contributed by atoms with Gasteiger partial charge in [-0.2, -0.15) is 4.98 Å². The Morgan fingerprint density at radius 2 is 2.16 bits per heavy atom. The van der Waals surface area contributed by atoms with Crippen molar-refractivity contribution in [1.29, 1.82) is 0 Å². The van der Waals surface area contributed by atoms with E-state index in [1.807, 2.05) is 23.7 Å². The van der Waals surface area contributed by atoms with Crippen LogP contribution < -0.4 is 15.8 Å². The molecule has 19 heavy (non-hydrogen) atoms. The number of hydrogen-bond donors (Lipinski definition) is 2. The second-order valence-corrected chi connectivity index (χ2v) is 4.69. The number of benzene rings is 1. The van der Waals surface area contributed by atoms with Crippen LogP contribution in [0.3, 0.4) is 0 Å². The van der Waals surface area contributed by atoms with Gasteiger partial charge in [-0.05, 0) is 18.2 Å². The maximum absolute atomic E-state index is 5.91. The summed E-state index contributed by atoms with van der Waals surface area (Å²) >= 11 is 1.58. The van der Waals surface area contributed by atoms with E-state index in [1.54, 1.807) is 11.3 Å². The zero-order chi connectivity index (χ0) is 13.2. The standard InChI is InChI=1S/C12H11N5OS/c1-18-12-10(13)11(14-5-15-12)17-7-2-3-8-9(4-7)19-6-16-8/h2-6H,13H2,1H3,(H,14,15,17). The molecule has 3 N–H and O–H groups in total. The van der Waals surface area contributed by atoms with Crippen molar-refractivity contribution in [2.24, 2.45) is 0 Å². The summed E-state index contributed by atoms with van der Waals surface area (Å²) in [5, 5.41) is 3.15. The molecule has 3 rings (SSSR count). The van der Waals surface area contributed by atoms with E-state index in [2.05, 4.69) is 20.3 Å². The number of nitrogens with two attached hydrogens (primary N) is 1. The second kappa shape index (κ2) is 4.69. The van der Waals surface area contributed by atoms with Gasteiger partial charge in [0, 0.05) is 5.69 Å². The Bertz CT molecular complexity index is 727. The molecule has 2 aromatic heterocycles. The number of aromatic nitrogens is 3. The van der Waals surface area contributed by atoms with Crippen molar-refractivity contribution in [3.63, 3.8) is 0 Å². The van der Waals surface area contributed by atoms with Gasteiger partial charge in [0.05, 0.1) is 22.8 Å². The van der Waals surface area contributed by atoms with Crippen molar-refractivity contribution in [3.05, 3.63) is 30.0 Å². The zero-order valence-corrected chi connectivity index (χ0v) is 10.9. The first-order chi connectivity index (χ1) is 9.28. The lowest BCUT2D eigenvalue weighted by atomic mass is 10.3. The molecule has 6 nitrogen and oxygen atoms in total. The van der Waals surface area contributed by atoms with Gasteiger partial charge in [-0.25, -0.2) is 9.97 Å². The molecular formula is C12H11N5OS. The number of nitrogen functional groups attached to an aromatic ring is 1. The third kappa shape index (κ3) is 2.15. The van der Waals surface area contributed by atoms with E-state index in [0.717, 1.165) is 15.9 Å². The number of nitrogens with one attached hydrogen (secondary N) is 1. The molecule has 0 saturated carbocycles. The van der Waals surface area contributed by atoms with E-state index >= 15 is 0 Å². The van der Waals surface area contributed by atoms with Crippen molar-refractivity contribution in [2.45, 2.75) is 0 Å². The quantitative estimate of drug-likeness (QED) is 0.762. The highest BCUT2D eigenvalue weighted by atomic mass is 32.1. The minimum atomic E-state index is 0.358. The molecule has 0 saturated heterocycles. The molecule has 2 heterocycles. The van der Waals surface area contributed by atoms with Gasteiger partial charge in [0.25, 0.3) is 0 Å². The van der Waals surface area contributed by atoms with E-state index in [-0.39, 0.29) is 0 Å². The Labute approximate surface area is 113 Å². The van der Waals surface area contributed by atoms with Gasteiger partial charge in [0.1, 0.15) is 12.0 Å². The second-order valence-electron chi connectivity index (χ2n) is 3.81. The molecule has 96 valence electrons. The molecule has 0 atom stereocenters. The number of rotatable bonds is 3. The average molecular weight is 273 g/mol. The zero-order valence-electron chi connectivity index (χ0n) is 10.1. The average Bonchev–Trinajstić information content (AvgIpc) is 2.88. The Kier molecular flexibility index (Phi) is 2.88. The number of methoxy groups -OCH3 is 1. The van der Waals surface area contributed by atoms with Crippen molar-refractivity contribution >= 4 is 38.7 Å². The molecule has 0 aliphatic rings. The summed E-state index contributed by atoms with van der Waals surface area (Å²) in [6.45, 7) is 0. The molecule has 0 amide bonds. The molecule has 0 aliphatic heterocycles. The third-order valence-corrected chi connectivity index (χ3v) is 3.43. The van der Waals surface area contributed by atoms with E-state index in [9.17, 15) is 0 Å². The van der Waals surface area contributed by atoms with Crippen LogP contribution in [0.15, 0.2) is 30.0 Å². The summed E-state index contributed by atoms with van der Waals surface area (Å²) in [6, 6.07) is 5.87.